The maximum atomic E-state index is 11.9. The SMILES string of the molecule is C=CCNC(=O)C1CCN(Cc2ccc(Cl)cc2)CC1. The Kier molecular flexibility index (Phi) is 5.62. The molecule has 0 bridgehead atoms. The first-order chi connectivity index (χ1) is 9.69. The Labute approximate surface area is 125 Å². The Morgan fingerprint density at radius 2 is 2.00 bits per heavy atom. The second-order valence-corrected chi connectivity index (χ2v) is 5.65. The summed E-state index contributed by atoms with van der Waals surface area (Å²) >= 11 is 5.88. The number of benzene rings is 1. The monoisotopic (exact) mass is 292 g/mol. The molecule has 0 aromatic heterocycles. The van der Waals surface area contributed by atoms with E-state index in [0.29, 0.717) is 6.54 Å². The van der Waals surface area contributed by atoms with E-state index in [2.05, 4.69) is 28.9 Å². The lowest BCUT2D eigenvalue weighted by molar-refractivity contribution is -0.126. The van der Waals surface area contributed by atoms with Crippen LogP contribution in [0.3, 0.4) is 0 Å². The van der Waals surface area contributed by atoms with Crippen LogP contribution in [0.5, 0.6) is 0 Å². The summed E-state index contributed by atoms with van der Waals surface area (Å²) in [5.41, 5.74) is 1.27. The number of rotatable bonds is 5. The van der Waals surface area contributed by atoms with Gasteiger partial charge in [-0.05, 0) is 43.6 Å². The Hall–Kier alpha value is -1.32. The molecule has 1 aliphatic heterocycles. The third-order valence-corrected chi connectivity index (χ3v) is 3.95. The molecule has 0 aliphatic carbocycles. The fourth-order valence-corrected chi connectivity index (χ4v) is 2.64. The predicted octanol–water partition coefficient (Wildman–Crippen LogP) is 2.85. The van der Waals surface area contributed by atoms with Gasteiger partial charge in [0, 0.05) is 24.0 Å². The molecular weight excluding hydrogens is 272 g/mol. The Morgan fingerprint density at radius 1 is 1.35 bits per heavy atom. The average Bonchev–Trinajstić information content (AvgIpc) is 2.48. The lowest BCUT2D eigenvalue weighted by atomic mass is 9.95. The third-order valence-electron chi connectivity index (χ3n) is 3.70. The van der Waals surface area contributed by atoms with E-state index in [1.807, 2.05) is 12.1 Å². The molecule has 3 nitrogen and oxygen atoms in total. The van der Waals surface area contributed by atoms with Crippen molar-refractivity contribution in [2.75, 3.05) is 19.6 Å². The molecule has 1 saturated heterocycles. The van der Waals surface area contributed by atoms with E-state index in [4.69, 9.17) is 11.6 Å². The smallest absolute Gasteiger partial charge is 0.223 e. The molecule has 0 saturated carbocycles. The minimum Gasteiger partial charge on any atom is -0.352 e. The summed E-state index contributed by atoms with van der Waals surface area (Å²) in [6.07, 6.45) is 3.57. The average molecular weight is 293 g/mol. The standard InChI is InChI=1S/C16H21ClN2O/c1-2-9-18-16(20)14-7-10-19(11-8-14)12-13-3-5-15(17)6-4-13/h2-6,14H,1,7-12H2,(H,18,20). The minimum absolute atomic E-state index is 0.149. The van der Waals surface area contributed by atoms with Gasteiger partial charge in [0.2, 0.25) is 5.91 Å². The van der Waals surface area contributed by atoms with Crippen LogP contribution in [0.1, 0.15) is 18.4 Å². The van der Waals surface area contributed by atoms with E-state index in [-0.39, 0.29) is 11.8 Å². The molecule has 1 aromatic rings. The number of halogens is 1. The van der Waals surface area contributed by atoms with E-state index < -0.39 is 0 Å². The van der Waals surface area contributed by atoms with Gasteiger partial charge in [0.25, 0.3) is 0 Å². The van der Waals surface area contributed by atoms with Gasteiger partial charge in [-0.2, -0.15) is 0 Å². The molecule has 1 aliphatic rings. The molecule has 0 spiro atoms. The number of nitrogens with one attached hydrogen (secondary N) is 1. The zero-order chi connectivity index (χ0) is 14.4. The fraction of sp³-hybridized carbons (Fsp3) is 0.438. The molecule has 2 rings (SSSR count). The molecule has 0 radical (unpaired) electrons. The molecule has 1 aromatic carbocycles. The van der Waals surface area contributed by atoms with Gasteiger partial charge in [0.05, 0.1) is 0 Å². The maximum absolute atomic E-state index is 11.9. The van der Waals surface area contributed by atoms with Gasteiger partial charge in [0.1, 0.15) is 0 Å². The number of carbonyl (C=O) groups excluding carboxylic acids is 1. The highest BCUT2D eigenvalue weighted by molar-refractivity contribution is 6.30. The van der Waals surface area contributed by atoms with Crippen molar-refractivity contribution in [3.05, 3.63) is 47.5 Å². The summed E-state index contributed by atoms with van der Waals surface area (Å²) in [6.45, 7) is 7.03. The van der Waals surface area contributed by atoms with E-state index in [1.54, 1.807) is 6.08 Å². The van der Waals surface area contributed by atoms with Crippen molar-refractivity contribution in [2.24, 2.45) is 5.92 Å². The van der Waals surface area contributed by atoms with Crippen LogP contribution in [0.25, 0.3) is 0 Å². The van der Waals surface area contributed by atoms with Crippen LogP contribution in [0.2, 0.25) is 5.02 Å². The van der Waals surface area contributed by atoms with E-state index in [0.717, 1.165) is 37.5 Å². The van der Waals surface area contributed by atoms with Crippen molar-refractivity contribution in [3.8, 4) is 0 Å². The highest BCUT2D eigenvalue weighted by atomic mass is 35.5. The number of hydrogen-bond donors (Lipinski definition) is 1. The minimum atomic E-state index is 0.149. The maximum Gasteiger partial charge on any atom is 0.223 e. The van der Waals surface area contributed by atoms with Crippen molar-refractivity contribution in [1.82, 2.24) is 10.2 Å². The number of nitrogens with zero attached hydrogens (tertiary/aromatic N) is 1. The lowest BCUT2D eigenvalue weighted by Crippen LogP contribution is -2.40. The lowest BCUT2D eigenvalue weighted by Gasteiger charge is -2.31. The molecule has 1 amide bonds. The highest BCUT2D eigenvalue weighted by Crippen LogP contribution is 2.19. The molecule has 0 unspecified atom stereocenters. The second-order valence-electron chi connectivity index (χ2n) is 5.21. The van der Waals surface area contributed by atoms with Crippen molar-refractivity contribution in [3.63, 3.8) is 0 Å². The Bertz CT molecular complexity index is 450. The number of piperidine rings is 1. The van der Waals surface area contributed by atoms with Gasteiger partial charge in [-0.25, -0.2) is 0 Å². The Balaban J connectivity index is 1.78. The zero-order valence-electron chi connectivity index (χ0n) is 11.6. The van der Waals surface area contributed by atoms with Gasteiger partial charge >= 0.3 is 0 Å². The van der Waals surface area contributed by atoms with Gasteiger partial charge in [-0.1, -0.05) is 29.8 Å². The Morgan fingerprint density at radius 3 is 2.60 bits per heavy atom. The van der Waals surface area contributed by atoms with Gasteiger partial charge in [-0.3, -0.25) is 9.69 Å². The normalized spacial score (nSPS) is 16.9. The van der Waals surface area contributed by atoms with E-state index in [9.17, 15) is 4.79 Å². The summed E-state index contributed by atoms with van der Waals surface area (Å²) in [5, 5.41) is 3.65. The molecule has 1 fully saturated rings. The van der Waals surface area contributed by atoms with Crippen LogP contribution in [-0.2, 0) is 11.3 Å². The first-order valence-electron chi connectivity index (χ1n) is 7.04. The summed E-state index contributed by atoms with van der Waals surface area (Å²) in [7, 11) is 0. The zero-order valence-corrected chi connectivity index (χ0v) is 12.4. The molecule has 20 heavy (non-hydrogen) atoms. The predicted molar refractivity (Wildman–Crippen MR) is 82.7 cm³/mol. The summed E-state index contributed by atoms with van der Waals surface area (Å²) in [6, 6.07) is 7.97. The second kappa shape index (κ2) is 7.46. The molecule has 1 N–H and O–H groups in total. The number of hydrogen-bond acceptors (Lipinski definition) is 2. The third kappa shape index (κ3) is 4.36. The molecule has 4 heteroatoms. The van der Waals surface area contributed by atoms with Crippen LogP contribution in [0.15, 0.2) is 36.9 Å². The fourth-order valence-electron chi connectivity index (χ4n) is 2.52. The number of carbonyl (C=O) groups is 1. The van der Waals surface area contributed by atoms with Crippen LogP contribution in [0.4, 0.5) is 0 Å². The van der Waals surface area contributed by atoms with Gasteiger partial charge in [0.15, 0.2) is 0 Å². The first kappa shape index (κ1) is 15.1. The topological polar surface area (TPSA) is 32.3 Å². The van der Waals surface area contributed by atoms with Crippen LogP contribution >= 0.6 is 11.6 Å². The number of likely N-dealkylation sites (tertiary alicyclic amines) is 1. The van der Waals surface area contributed by atoms with Crippen molar-refractivity contribution in [1.29, 1.82) is 0 Å². The summed E-state index contributed by atoms with van der Waals surface area (Å²) < 4.78 is 0. The van der Waals surface area contributed by atoms with Crippen LogP contribution in [0, 0.1) is 5.92 Å². The largest absolute Gasteiger partial charge is 0.352 e. The van der Waals surface area contributed by atoms with Gasteiger partial charge in [-0.15, -0.1) is 6.58 Å². The van der Waals surface area contributed by atoms with Crippen molar-refractivity contribution >= 4 is 17.5 Å². The van der Waals surface area contributed by atoms with Gasteiger partial charge < -0.3 is 5.32 Å². The van der Waals surface area contributed by atoms with Crippen LogP contribution < -0.4 is 5.32 Å². The molecule has 0 atom stereocenters. The summed E-state index contributed by atoms with van der Waals surface area (Å²) in [5.74, 6) is 0.312. The quantitative estimate of drug-likeness (QED) is 0.847. The summed E-state index contributed by atoms with van der Waals surface area (Å²) in [4.78, 5) is 14.3. The van der Waals surface area contributed by atoms with Crippen molar-refractivity contribution < 1.29 is 4.79 Å². The molecule has 108 valence electrons. The molecule has 1 heterocycles. The number of amides is 1. The highest BCUT2D eigenvalue weighted by Gasteiger charge is 2.24. The van der Waals surface area contributed by atoms with Crippen molar-refractivity contribution in [2.45, 2.75) is 19.4 Å². The van der Waals surface area contributed by atoms with Crippen LogP contribution in [-0.4, -0.2) is 30.4 Å². The van der Waals surface area contributed by atoms with E-state index >= 15 is 0 Å². The first-order valence-corrected chi connectivity index (χ1v) is 7.42. The van der Waals surface area contributed by atoms with E-state index in [1.165, 1.54) is 5.56 Å². The molecular formula is C16H21ClN2O.